The number of fused-ring (bicyclic) bond motifs is 1. The van der Waals surface area contributed by atoms with Gasteiger partial charge in [0.15, 0.2) is 0 Å². The Balaban J connectivity index is 1.73. The van der Waals surface area contributed by atoms with Gasteiger partial charge in [-0.3, -0.25) is 0 Å². The van der Waals surface area contributed by atoms with Crippen LogP contribution in [0, 0.1) is 23.5 Å². The first-order valence-electron chi connectivity index (χ1n) is 9.11. The molecule has 3 N–H and O–H groups in total. The van der Waals surface area contributed by atoms with E-state index in [0.717, 1.165) is 25.2 Å². The third-order valence-electron chi connectivity index (χ3n) is 5.42. The van der Waals surface area contributed by atoms with Crippen molar-refractivity contribution in [1.82, 2.24) is 15.6 Å². The van der Waals surface area contributed by atoms with E-state index >= 15 is 0 Å². The highest BCUT2D eigenvalue weighted by atomic mass is 19.1. The first-order valence-corrected chi connectivity index (χ1v) is 9.11. The van der Waals surface area contributed by atoms with Crippen molar-refractivity contribution >= 4 is 6.09 Å². The van der Waals surface area contributed by atoms with Crippen molar-refractivity contribution in [1.29, 1.82) is 0 Å². The smallest absolute Gasteiger partial charge is 0.405 e. The van der Waals surface area contributed by atoms with E-state index in [1.165, 1.54) is 6.07 Å². The summed E-state index contributed by atoms with van der Waals surface area (Å²) in [6, 6.07) is 6.53. The Labute approximate surface area is 160 Å². The van der Waals surface area contributed by atoms with Crippen LogP contribution in [-0.4, -0.2) is 35.4 Å². The zero-order valence-electron chi connectivity index (χ0n) is 15.5. The minimum absolute atomic E-state index is 0.0467. The second-order valence-electron chi connectivity index (χ2n) is 7.83. The number of ether oxygens (including phenoxy) is 1. The summed E-state index contributed by atoms with van der Waals surface area (Å²) in [5, 5.41) is 14.9. The molecular weight excluding hydrogens is 368 g/mol. The largest absolute Gasteiger partial charge is 0.474 e. The highest BCUT2D eigenvalue weighted by Crippen LogP contribution is 2.44. The number of halogens is 2. The molecular formula is C20H21F2N3O3. The SMILES string of the molecule is CC(C)(NC(=O)O)c1cc(OC2[C@H]3CNC[C@@H]23)nc(-c2ccc(F)cc2F)c1. The molecule has 2 heterocycles. The Morgan fingerprint density at radius 1 is 1.25 bits per heavy atom. The maximum Gasteiger partial charge on any atom is 0.405 e. The fraction of sp³-hybridized carbons (Fsp3) is 0.400. The summed E-state index contributed by atoms with van der Waals surface area (Å²) in [7, 11) is 0. The van der Waals surface area contributed by atoms with E-state index in [0.29, 0.717) is 23.3 Å². The van der Waals surface area contributed by atoms with Crippen molar-refractivity contribution in [2.45, 2.75) is 25.5 Å². The molecule has 0 spiro atoms. The number of benzene rings is 1. The fourth-order valence-electron chi connectivity index (χ4n) is 3.78. The van der Waals surface area contributed by atoms with Crippen molar-refractivity contribution in [2.24, 2.45) is 11.8 Å². The van der Waals surface area contributed by atoms with Gasteiger partial charge in [-0.25, -0.2) is 18.6 Å². The highest BCUT2D eigenvalue weighted by Gasteiger charge is 2.55. The van der Waals surface area contributed by atoms with Gasteiger partial charge in [0.05, 0.1) is 11.2 Å². The van der Waals surface area contributed by atoms with E-state index in [2.05, 4.69) is 15.6 Å². The standard InChI is InChI=1S/C20H21F2N3O3/c1-20(2,25-19(26)27)10-5-16(12-4-3-11(21)7-15(12)22)24-17(6-10)28-18-13-8-23-9-14(13)18/h3-7,13-14,18,23,25H,8-9H2,1-2H3,(H,26,27)/t13-,14+,18?. The van der Waals surface area contributed by atoms with Gasteiger partial charge in [0.2, 0.25) is 5.88 Å². The molecule has 3 atom stereocenters. The van der Waals surface area contributed by atoms with Crippen molar-refractivity contribution in [3.05, 3.63) is 47.5 Å². The molecule has 2 fully saturated rings. The number of hydrogen-bond donors (Lipinski definition) is 3. The zero-order valence-corrected chi connectivity index (χ0v) is 15.5. The predicted octanol–water partition coefficient (Wildman–Crippen LogP) is 3.13. The Morgan fingerprint density at radius 2 is 1.96 bits per heavy atom. The predicted molar refractivity (Wildman–Crippen MR) is 98.0 cm³/mol. The molecule has 148 valence electrons. The lowest BCUT2D eigenvalue weighted by Gasteiger charge is -2.26. The minimum atomic E-state index is -1.18. The van der Waals surface area contributed by atoms with Crippen LogP contribution in [0.4, 0.5) is 13.6 Å². The second kappa shape index (κ2) is 6.70. The number of nitrogens with one attached hydrogen (secondary N) is 2. The monoisotopic (exact) mass is 389 g/mol. The summed E-state index contributed by atoms with van der Waals surface area (Å²) in [6.07, 6.45) is -1.13. The van der Waals surface area contributed by atoms with Crippen LogP contribution in [0.15, 0.2) is 30.3 Å². The summed E-state index contributed by atoms with van der Waals surface area (Å²) in [6.45, 7) is 5.17. The minimum Gasteiger partial charge on any atom is -0.474 e. The summed E-state index contributed by atoms with van der Waals surface area (Å²) in [5.74, 6) is -0.258. The molecule has 8 heteroatoms. The number of amides is 1. The topological polar surface area (TPSA) is 83.5 Å². The van der Waals surface area contributed by atoms with Crippen LogP contribution in [0.25, 0.3) is 11.3 Å². The van der Waals surface area contributed by atoms with E-state index in [9.17, 15) is 13.6 Å². The molecule has 1 unspecified atom stereocenters. The van der Waals surface area contributed by atoms with Crippen LogP contribution in [0.2, 0.25) is 0 Å². The third kappa shape index (κ3) is 3.52. The first-order chi connectivity index (χ1) is 13.2. The number of carboxylic acid groups (broad SMARTS) is 1. The molecule has 1 amide bonds. The van der Waals surface area contributed by atoms with E-state index in [-0.39, 0.29) is 17.4 Å². The Hall–Kier alpha value is -2.74. The third-order valence-corrected chi connectivity index (χ3v) is 5.42. The number of rotatable bonds is 5. The van der Waals surface area contributed by atoms with Gasteiger partial charge in [-0.05, 0) is 37.6 Å². The van der Waals surface area contributed by atoms with Crippen LogP contribution in [0.1, 0.15) is 19.4 Å². The summed E-state index contributed by atoms with van der Waals surface area (Å²) in [4.78, 5) is 15.6. The average Bonchev–Trinajstić information content (AvgIpc) is 3.01. The molecule has 28 heavy (non-hydrogen) atoms. The molecule has 1 aliphatic heterocycles. The molecule has 2 aliphatic rings. The lowest BCUT2D eigenvalue weighted by molar-refractivity contribution is 0.182. The maximum absolute atomic E-state index is 14.3. The Bertz CT molecular complexity index is 925. The van der Waals surface area contributed by atoms with Gasteiger partial charge in [0.1, 0.15) is 17.7 Å². The fourth-order valence-corrected chi connectivity index (χ4v) is 3.78. The van der Waals surface area contributed by atoms with Gasteiger partial charge in [-0.15, -0.1) is 0 Å². The van der Waals surface area contributed by atoms with Gasteiger partial charge < -0.3 is 20.5 Å². The molecule has 1 aliphatic carbocycles. The van der Waals surface area contributed by atoms with Gasteiger partial charge in [-0.2, -0.15) is 0 Å². The van der Waals surface area contributed by atoms with Crippen molar-refractivity contribution in [2.75, 3.05) is 13.1 Å². The number of nitrogens with zero attached hydrogens (tertiary/aromatic N) is 1. The van der Waals surface area contributed by atoms with Crippen molar-refractivity contribution in [3.63, 3.8) is 0 Å². The first kappa shape index (κ1) is 18.6. The number of pyridine rings is 1. The lowest BCUT2D eigenvalue weighted by atomic mass is 9.93. The van der Waals surface area contributed by atoms with Gasteiger partial charge >= 0.3 is 6.09 Å². The lowest BCUT2D eigenvalue weighted by Crippen LogP contribution is -2.40. The Morgan fingerprint density at radius 3 is 2.61 bits per heavy atom. The molecule has 0 radical (unpaired) electrons. The number of piperidine rings is 1. The molecule has 1 saturated heterocycles. The molecule has 4 rings (SSSR count). The molecule has 0 bridgehead atoms. The van der Waals surface area contributed by atoms with Crippen LogP contribution in [0.3, 0.4) is 0 Å². The van der Waals surface area contributed by atoms with Crippen LogP contribution in [0.5, 0.6) is 5.88 Å². The highest BCUT2D eigenvalue weighted by molar-refractivity contribution is 5.67. The van der Waals surface area contributed by atoms with Gasteiger partial charge in [-0.1, -0.05) is 0 Å². The van der Waals surface area contributed by atoms with Gasteiger partial charge in [0.25, 0.3) is 0 Å². The molecule has 1 saturated carbocycles. The molecule has 2 aromatic rings. The molecule has 1 aromatic heterocycles. The van der Waals surface area contributed by atoms with E-state index < -0.39 is 23.3 Å². The normalized spacial score (nSPS) is 23.2. The van der Waals surface area contributed by atoms with E-state index in [1.807, 2.05) is 0 Å². The van der Waals surface area contributed by atoms with Gasteiger partial charge in [0, 0.05) is 42.6 Å². The second-order valence-corrected chi connectivity index (χ2v) is 7.83. The van der Waals surface area contributed by atoms with E-state index in [4.69, 9.17) is 9.84 Å². The number of hydrogen-bond acceptors (Lipinski definition) is 4. The Kier molecular flexibility index (Phi) is 4.45. The quantitative estimate of drug-likeness (QED) is 0.732. The average molecular weight is 389 g/mol. The zero-order chi connectivity index (χ0) is 20.1. The van der Waals surface area contributed by atoms with Crippen LogP contribution in [-0.2, 0) is 5.54 Å². The van der Waals surface area contributed by atoms with E-state index in [1.54, 1.807) is 26.0 Å². The molecule has 1 aromatic carbocycles. The summed E-state index contributed by atoms with van der Waals surface area (Å²) < 4.78 is 33.7. The number of carbonyl (C=O) groups is 1. The van der Waals surface area contributed by atoms with Crippen LogP contribution >= 0.6 is 0 Å². The van der Waals surface area contributed by atoms with Crippen molar-refractivity contribution < 1.29 is 23.4 Å². The van der Waals surface area contributed by atoms with Crippen LogP contribution < -0.4 is 15.4 Å². The number of aromatic nitrogens is 1. The maximum atomic E-state index is 14.3. The molecule has 6 nitrogen and oxygen atoms in total. The van der Waals surface area contributed by atoms with Crippen molar-refractivity contribution in [3.8, 4) is 17.1 Å². The summed E-state index contributed by atoms with van der Waals surface area (Å²) >= 11 is 0. The summed E-state index contributed by atoms with van der Waals surface area (Å²) in [5.41, 5.74) is -0.00676.